The average Bonchev–Trinajstić information content (AvgIpc) is 2.36. The van der Waals surface area contributed by atoms with Gasteiger partial charge in [0.25, 0.3) is 0 Å². The number of hydrazine groups is 1. The van der Waals surface area contributed by atoms with Gasteiger partial charge in [-0.2, -0.15) is 0 Å². The van der Waals surface area contributed by atoms with Gasteiger partial charge >= 0.3 is 0 Å². The van der Waals surface area contributed by atoms with E-state index in [0.29, 0.717) is 18.8 Å². The maximum absolute atomic E-state index is 11.3. The van der Waals surface area contributed by atoms with Crippen LogP contribution in [0.3, 0.4) is 0 Å². The molecule has 0 aromatic carbocycles. The second kappa shape index (κ2) is 7.45. The van der Waals surface area contributed by atoms with Crippen molar-refractivity contribution < 1.29 is 4.79 Å². The molecule has 5 N–H and O–H groups in total. The van der Waals surface area contributed by atoms with E-state index in [2.05, 4.69) is 21.0 Å². The number of hydrogen-bond donors (Lipinski definition) is 4. The molecule has 1 aromatic rings. The fourth-order valence-electron chi connectivity index (χ4n) is 1.29. The monoisotopic (exact) mass is 237 g/mol. The summed E-state index contributed by atoms with van der Waals surface area (Å²) in [6.45, 7) is 3.34. The molecule has 1 aromatic heterocycles. The molecule has 0 saturated heterocycles. The summed E-state index contributed by atoms with van der Waals surface area (Å²) < 4.78 is 0. The van der Waals surface area contributed by atoms with Crippen LogP contribution in [0.2, 0.25) is 0 Å². The van der Waals surface area contributed by atoms with Gasteiger partial charge in [0, 0.05) is 37.5 Å². The molecule has 0 aliphatic heterocycles. The second-order valence-electron chi connectivity index (χ2n) is 3.60. The second-order valence-corrected chi connectivity index (χ2v) is 3.60. The van der Waals surface area contributed by atoms with Crippen molar-refractivity contribution in [3.8, 4) is 0 Å². The number of rotatable bonds is 7. The number of nitrogens with two attached hydrogens (primary N) is 1. The van der Waals surface area contributed by atoms with Crippen molar-refractivity contribution >= 4 is 17.4 Å². The third-order valence-electron chi connectivity index (χ3n) is 2.16. The Morgan fingerprint density at radius 3 is 3.00 bits per heavy atom. The summed E-state index contributed by atoms with van der Waals surface area (Å²) in [5.41, 5.74) is 3.35. The summed E-state index contributed by atoms with van der Waals surface area (Å²) in [4.78, 5) is 15.3. The molecule has 94 valence electrons. The molecule has 0 unspecified atom stereocenters. The van der Waals surface area contributed by atoms with Crippen LogP contribution in [-0.4, -0.2) is 24.0 Å². The lowest BCUT2D eigenvalue weighted by Crippen LogP contribution is -2.25. The summed E-state index contributed by atoms with van der Waals surface area (Å²) in [6, 6.07) is 3.61. The average molecular weight is 237 g/mol. The van der Waals surface area contributed by atoms with Gasteiger partial charge in [0.05, 0.1) is 0 Å². The summed E-state index contributed by atoms with van der Waals surface area (Å²) in [5, 5.41) is 5.95. The molecule has 0 bridgehead atoms. The van der Waals surface area contributed by atoms with E-state index in [9.17, 15) is 4.79 Å². The molecule has 0 radical (unpaired) electrons. The van der Waals surface area contributed by atoms with Crippen LogP contribution in [0.5, 0.6) is 0 Å². The summed E-state index contributed by atoms with van der Waals surface area (Å²) in [7, 11) is 0. The minimum Gasteiger partial charge on any atom is -0.384 e. The van der Waals surface area contributed by atoms with Crippen LogP contribution >= 0.6 is 0 Å². The molecule has 0 aliphatic rings. The highest BCUT2D eigenvalue weighted by molar-refractivity contribution is 5.76. The molecule has 1 amide bonds. The lowest BCUT2D eigenvalue weighted by Gasteiger charge is -2.07. The number of hydrogen-bond acceptors (Lipinski definition) is 5. The molecular formula is C11H19N5O. The predicted molar refractivity (Wildman–Crippen MR) is 68.5 cm³/mol. The fraction of sp³-hybridized carbons (Fsp3) is 0.455. The quantitative estimate of drug-likeness (QED) is 0.414. The van der Waals surface area contributed by atoms with Crippen molar-refractivity contribution in [2.45, 2.75) is 19.8 Å². The Morgan fingerprint density at radius 2 is 2.29 bits per heavy atom. The standard InChI is InChI=1S/C11H19N5O/c1-2-5-15-11(17)4-7-13-9-3-6-14-10(8-9)16-12/h3,6,8H,2,4-5,7,12H2,1H3,(H,15,17)(H2,13,14,16). The van der Waals surface area contributed by atoms with Crippen molar-refractivity contribution in [1.29, 1.82) is 0 Å². The van der Waals surface area contributed by atoms with Crippen LogP contribution < -0.4 is 21.9 Å². The van der Waals surface area contributed by atoms with Crippen LogP contribution in [0.4, 0.5) is 11.5 Å². The van der Waals surface area contributed by atoms with Crippen molar-refractivity contribution in [2.75, 3.05) is 23.8 Å². The first-order chi connectivity index (χ1) is 8.26. The minimum absolute atomic E-state index is 0.0607. The molecule has 0 saturated carbocycles. The number of anilines is 2. The van der Waals surface area contributed by atoms with E-state index in [-0.39, 0.29) is 5.91 Å². The fourth-order valence-corrected chi connectivity index (χ4v) is 1.29. The first-order valence-electron chi connectivity index (χ1n) is 5.69. The first kappa shape index (κ1) is 13.2. The van der Waals surface area contributed by atoms with Gasteiger partial charge in [0.2, 0.25) is 5.91 Å². The predicted octanol–water partition coefficient (Wildman–Crippen LogP) is 0.695. The Labute approximate surface area is 101 Å². The number of nitrogens with one attached hydrogen (secondary N) is 3. The lowest BCUT2D eigenvalue weighted by atomic mass is 10.3. The van der Waals surface area contributed by atoms with Gasteiger partial charge in [-0.1, -0.05) is 6.92 Å². The van der Waals surface area contributed by atoms with Crippen LogP contribution in [0.25, 0.3) is 0 Å². The van der Waals surface area contributed by atoms with E-state index in [0.717, 1.165) is 18.7 Å². The Balaban J connectivity index is 2.28. The van der Waals surface area contributed by atoms with E-state index in [1.807, 2.05) is 13.0 Å². The van der Waals surface area contributed by atoms with Crippen molar-refractivity contribution in [1.82, 2.24) is 10.3 Å². The van der Waals surface area contributed by atoms with Crippen molar-refractivity contribution in [3.05, 3.63) is 18.3 Å². The Morgan fingerprint density at radius 1 is 1.47 bits per heavy atom. The highest BCUT2D eigenvalue weighted by Crippen LogP contribution is 2.10. The van der Waals surface area contributed by atoms with E-state index < -0.39 is 0 Å². The number of nitrogens with zero attached hydrogens (tertiary/aromatic N) is 1. The number of carbonyl (C=O) groups excluding carboxylic acids is 1. The number of amides is 1. The maximum Gasteiger partial charge on any atom is 0.221 e. The normalized spacial score (nSPS) is 9.76. The summed E-state index contributed by atoms with van der Waals surface area (Å²) >= 11 is 0. The Hall–Kier alpha value is -1.82. The SMILES string of the molecule is CCCNC(=O)CCNc1ccnc(NN)c1. The van der Waals surface area contributed by atoms with Gasteiger partial charge in [0.15, 0.2) is 0 Å². The zero-order valence-corrected chi connectivity index (χ0v) is 9.99. The van der Waals surface area contributed by atoms with Gasteiger partial charge in [-0.25, -0.2) is 10.8 Å². The largest absolute Gasteiger partial charge is 0.384 e. The van der Waals surface area contributed by atoms with E-state index in [1.165, 1.54) is 0 Å². The topological polar surface area (TPSA) is 92.1 Å². The molecule has 6 heteroatoms. The van der Waals surface area contributed by atoms with Gasteiger partial charge in [-0.3, -0.25) is 4.79 Å². The zero-order valence-electron chi connectivity index (χ0n) is 9.99. The van der Waals surface area contributed by atoms with Crippen molar-refractivity contribution in [3.63, 3.8) is 0 Å². The number of carbonyl (C=O) groups is 1. The highest BCUT2D eigenvalue weighted by atomic mass is 16.1. The molecule has 0 spiro atoms. The molecule has 0 atom stereocenters. The Bertz CT molecular complexity index is 355. The third kappa shape index (κ3) is 5.17. The molecule has 1 rings (SSSR count). The van der Waals surface area contributed by atoms with Gasteiger partial charge in [-0.15, -0.1) is 0 Å². The van der Waals surface area contributed by atoms with Gasteiger partial charge in [-0.05, 0) is 12.5 Å². The van der Waals surface area contributed by atoms with Crippen LogP contribution in [-0.2, 0) is 4.79 Å². The molecular weight excluding hydrogens is 218 g/mol. The molecule has 0 fully saturated rings. The molecule has 0 aliphatic carbocycles. The minimum atomic E-state index is 0.0607. The summed E-state index contributed by atoms with van der Waals surface area (Å²) in [6.07, 6.45) is 3.05. The molecule has 1 heterocycles. The van der Waals surface area contributed by atoms with Crippen molar-refractivity contribution in [2.24, 2.45) is 5.84 Å². The zero-order chi connectivity index (χ0) is 12.5. The van der Waals surface area contributed by atoms with Gasteiger partial charge < -0.3 is 16.1 Å². The third-order valence-corrected chi connectivity index (χ3v) is 2.16. The van der Waals surface area contributed by atoms with Crippen LogP contribution in [0, 0.1) is 0 Å². The number of nitrogen functional groups attached to an aromatic ring is 1. The number of pyridine rings is 1. The highest BCUT2D eigenvalue weighted by Gasteiger charge is 2.00. The number of aromatic nitrogens is 1. The van der Waals surface area contributed by atoms with Crippen LogP contribution in [0.1, 0.15) is 19.8 Å². The van der Waals surface area contributed by atoms with E-state index in [4.69, 9.17) is 5.84 Å². The first-order valence-corrected chi connectivity index (χ1v) is 5.69. The van der Waals surface area contributed by atoms with E-state index in [1.54, 1.807) is 12.3 Å². The smallest absolute Gasteiger partial charge is 0.221 e. The summed E-state index contributed by atoms with van der Waals surface area (Å²) in [5.74, 6) is 5.90. The molecule has 17 heavy (non-hydrogen) atoms. The maximum atomic E-state index is 11.3. The Kier molecular flexibility index (Phi) is 5.81. The van der Waals surface area contributed by atoms with E-state index >= 15 is 0 Å². The molecule has 6 nitrogen and oxygen atoms in total. The van der Waals surface area contributed by atoms with Gasteiger partial charge in [0.1, 0.15) is 5.82 Å². The van der Waals surface area contributed by atoms with Crippen LogP contribution in [0.15, 0.2) is 18.3 Å². The lowest BCUT2D eigenvalue weighted by molar-refractivity contribution is -0.120.